The average Bonchev–Trinajstić information content (AvgIpc) is 3.14. The third-order valence-corrected chi connectivity index (χ3v) is 6.72. The fourth-order valence-corrected chi connectivity index (χ4v) is 4.52. The molecule has 4 rings (SSSR count). The van der Waals surface area contributed by atoms with Gasteiger partial charge in [-0.2, -0.15) is 0 Å². The molecule has 5 nitrogen and oxygen atoms in total. The second-order valence-corrected chi connectivity index (χ2v) is 11.3. The van der Waals surface area contributed by atoms with Crippen LogP contribution in [0.25, 0.3) is 5.76 Å². The number of aliphatic hydroxyl groups excluding tert-OH is 1. The topological polar surface area (TPSA) is 66.8 Å². The van der Waals surface area contributed by atoms with Crippen molar-refractivity contribution in [3.05, 3.63) is 99.8 Å². The van der Waals surface area contributed by atoms with Crippen molar-refractivity contribution in [2.75, 3.05) is 11.5 Å². The van der Waals surface area contributed by atoms with Crippen molar-refractivity contribution in [1.29, 1.82) is 0 Å². The van der Waals surface area contributed by atoms with Crippen LogP contribution in [0, 0.1) is 11.7 Å². The van der Waals surface area contributed by atoms with Gasteiger partial charge in [0.2, 0.25) is 0 Å². The number of carbonyl (C=O) groups excluding carboxylic acids is 2. The standard InChI is InChI=1S/C31H31ClFNO4/c1-18(2)17-38-23-13-8-20(9-14-23)28(35)26-27(19-6-10-21(11-7-19)31(3,4)5)34(30(37)29(26)36)22-12-15-25(33)24(32)16-22/h6-16,18,27,35H,17H2,1-5H3/b28-26+. The second-order valence-electron chi connectivity index (χ2n) is 10.9. The Labute approximate surface area is 227 Å². The summed E-state index contributed by atoms with van der Waals surface area (Å²) in [5.41, 5.74) is 2.14. The summed E-state index contributed by atoms with van der Waals surface area (Å²) in [5.74, 6) is -1.64. The van der Waals surface area contributed by atoms with Crippen molar-refractivity contribution in [3.8, 4) is 5.75 Å². The zero-order valence-electron chi connectivity index (χ0n) is 22.1. The van der Waals surface area contributed by atoms with E-state index < -0.39 is 23.5 Å². The fourth-order valence-electron chi connectivity index (χ4n) is 4.34. The third kappa shape index (κ3) is 5.46. The molecule has 38 heavy (non-hydrogen) atoms. The first kappa shape index (κ1) is 27.4. The van der Waals surface area contributed by atoms with E-state index in [1.807, 2.05) is 38.1 Å². The van der Waals surface area contributed by atoms with Crippen molar-refractivity contribution in [2.24, 2.45) is 5.92 Å². The van der Waals surface area contributed by atoms with E-state index in [2.05, 4.69) is 20.8 Å². The number of carbonyl (C=O) groups is 2. The van der Waals surface area contributed by atoms with Crippen LogP contribution in [-0.4, -0.2) is 23.4 Å². The summed E-state index contributed by atoms with van der Waals surface area (Å²) in [6.07, 6.45) is 0. The molecule has 1 amide bonds. The van der Waals surface area contributed by atoms with Crippen LogP contribution >= 0.6 is 11.6 Å². The summed E-state index contributed by atoms with van der Waals surface area (Å²) < 4.78 is 19.7. The number of aliphatic hydroxyl groups is 1. The maximum Gasteiger partial charge on any atom is 0.300 e. The van der Waals surface area contributed by atoms with Gasteiger partial charge in [0.15, 0.2) is 0 Å². The highest BCUT2D eigenvalue weighted by molar-refractivity contribution is 6.51. The lowest BCUT2D eigenvalue weighted by molar-refractivity contribution is -0.132. The number of halogens is 2. The molecule has 0 bridgehead atoms. The van der Waals surface area contributed by atoms with E-state index in [9.17, 15) is 19.1 Å². The predicted octanol–water partition coefficient (Wildman–Crippen LogP) is 7.44. The molecule has 1 N–H and O–H groups in total. The lowest BCUT2D eigenvalue weighted by atomic mass is 9.85. The van der Waals surface area contributed by atoms with Crippen LogP contribution in [0.4, 0.5) is 10.1 Å². The first-order valence-corrected chi connectivity index (χ1v) is 12.9. The fraction of sp³-hybridized carbons (Fsp3) is 0.290. The highest BCUT2D eigenvalue weighted by atomic mass is 35.5. The van der Waals surface area contributed by atoms with E-state index in [1.54, 1.807) is 24.3 Å². The quantitative estimate of drug-likeness (QED) is 0.202. The summed E-state index contributed by atoms with van der Waals surface area (Å²) in [6.45, 7) is 10.9. The number of benzene rings is 3. The number of ether oxygens (including phenoxy) is 1. The highest BCUT2D eigenvalue weighted by Gasteiger charge is 2.47. The van der Waals surface area contributed by atoms with Crippen LogP contribution in [0.5, 0.6) is 5.75 Å². The molecular formula is C31H31ClFNO4. The molecule has 1 unspecified atom stereocenters. The summed E-state index contributed by atoms with van der Waals surface area (Å²) in [7, 11) is 0. The molecule has 0 saturated carbocycles. The van der Waals surface area contributed by atoms with Crippen LogP contribution in [0.15, 0.2) is 72.3 Å². The van der Waals surface area contributed by atoms with Crippen LogP contribution in [0.1, 0.15) is 57.4 Å². The molecule has 1 heterocycles. The molecule has 0 aromatic heterocycles. The molecule has 0 spiro atoms. The maximum absolute atomic E-state index is 13.9. The van der Waals surface area contributed by atoms with Gasteiger partial charge in [0.05, 0.1) is 23.2 Å². The van der Waals surface area contributed by atoms with E-state index in [-0.39, 0.29) is 27.5 Å². The van der Waals surface area contributed by atoms with Gasteiger partial charge in [0.25, 0.3) is 11.7 Å². The smallest absolute Gasteiger partial charge is 0.300 e. The average molecular weight is 536 g/mol. The Bertz CT molecular complexity index is 1390. The zero-order chi connectivity index (χ0) is 27.8. The van der Waals surface area contributed by atoms with Crippen LogP contribution in [0.2, 0.25) is 5.02 Å². The zero-order valence-corrected chi connectivity index (χ0v) is 22.8. The molecule has 1 aliphatic rings. The van der Waals surface area contributed by atoms with Gasteiger partial charge in [0.1, 0.15) is 17.3 Å². The Morgan fingerprint density at radius 3 is 2.21 bits per heavy atom. The molecule has 3 aromatic rings. The SMILES string of the molecule is CC(C)COc1ccc(/C(O)=C2\C(=O)C(=O)N(c3ccc(F)c(Cl)c3)C2c2ccc(C(C)(C)C)cc2)cc1. The normalized spacial score (nSPS) is 17.4. The minimum Gasteiger partial charge on any atom is -0.507 e. The lowest BCUT2D eigenvalue weighted by Gasteiger charge is -2.27. The Hall–Kier alpha value is -3.64. The number of nitrogens with zero attached hydrogens (tertiary/aromatic N) is 1. The summed E-state index contributed by atoms with van der Waals surface area (Å²) >= 11 is 6.02. The third-order valence-electron chi connectivity index (χ3n) is 6.43. The van der Waals surface area contributed by atoms with Crippen molar-refractivity contribution >= 4 is 34.7 Å². The number of rotatable bonds is 6. The molecule has 198 valence electrons. The number of ketones is 1. The van der Waals surface area contributed by atoms with E-state index in [4.69, 9.17) is 16.3 Å². The second kappa shape index (κ2) is 10.6. The Morgan fingerprint density at radius 1 is 1.03 bits per heavy atom. The van der Waals surface area contributed by atoms with Crippen molar-refractivity contribution in [1.82, 2.24) is 0 Å². The lowest BCUT2D eigenvalue weighted by Crippen LogP contribution is -2.29. The first-order valence-electron chi connectivity index (χ1n) is 12.5. The molecular weight excluding hydrogens is 505 g/mol. The minimum atomic E-state index is -0.942. The van der Waals surface area contributed by atoms with Gasteiger partial charge >= 0.3 is 0 Å². The summed E-state index contributed by atoms with van der Waals surface area (Å²) in [6, 6.07) is 17.2. The van der Waals surface area contributed by atoms with Crippen molar-refractivity contribution in [3.63, 3.8) is 0 Å². The maximum atomic E-state index is 13.9. The van der Waals surface area contributed by atoms with Gasteiger partial charge in [-0.1, -0.05) is 70.5 Å². The molecule has 7 heteroatoms. The number of hydrogen-bond donors (Lipinski definition) is 1. The molecule has 0 radical (unpaired) electrons. The first-order chi connectivity index (χ1) is 17.9. The Kier molecular flexibility index (Phi) is 7.65. The number of anilines is 1. The molecule has 1 fully saturated rings. The van der Waals surface area contributed by atoms with E-state index >= 15 is 0 Å². The van der Waals surface area contributed by atoms with Gasteiger partial charge in [-0.25, -0.2) is 4.39 Å². The van der Waals surface area contributed by atoms with E-state index in [1.165, 1.54) is 17.0 Å². The minimum absolute atomic E-state index is 0.0604. The molecule has 3 aromatic carbocycles. The van der Waals surface area contributed by atoms with Gasteiger partial charge in [-0.05, 0) is 64.9 Å². The van der Waals surface area contributed by atoms with Gasteiger partial charge < -0.3 is 9.84 Å². The van der Waals surface area contributed by atoms with E-state index in [0.29, 0.717) is 29.4 Å². The van der Waals surface area contributed by atoms with Crippen molar-refractivity contribution < 1.29 is 23.8 Å². The van der Waals surface area contributed by atoms with E-state index in [0.717, 1.165) is 11.6 Å². The molecule has 1 aliphatic heterocycles. The number of Topliss-reactive ketones (excluding diaryl/α,β-unsaturated/α-hetero) is 1. The highest BCUT2D eigenvalue weighted by Crippen LogP contribution is 2.43. The Balaban J connectivity index is 1.84. The molecule has 0 aliphatic carbocycles. The van der Waals surface area contributed by atoms with Gasteiger partial charge in [-0.3, -0.25) is 14.5 Å². The van der Waals surface area contributed by atoms with Crippen LogP contribution in [-0.2, 0) is 15.0 Å². The van der Waals surface area contributed by atoms with Gasteiger partial charge in [0, 0.05) is 11.3 Å². The van der Waals surface area contributed by atoms with Gasteiger partial charge in [-0.15, -0.1) is 0 Å². The monoisotopic (exact) mass is 535 g/mol. The van der Waals surface area contributed by atoms with Crippen LogP contribution < -0.4 is 9.64 Å². The largest absolute Gasteiger partial charge is 0.507 e. The summed E-state index contributed by atoms with van der Waals surface area (Å²) in [4.78, 5) is 28.0. The molecule has 1 saturated heterocycles. The summed E-state index contributed by atoms with van der Waals surface area (Å²) in [5, 5.41) is 11.2. The molecule has 1 atom stereocenters. The number of hydrogen-bond acceptors (Lipinski definition) is 4. The van der Waals surface area contributed by atoms with Crippen molar-refractivity contribution in [2.45, 2.75) is 46.1 Å². The Morgan fingerprint density at radius 2 is 1.66 bits per heavy atom. The predicted molar refractivity (Wildman–Crippen MR) is 148 cm³/mol. The van der Waals surface area contributed by atoms with Crippen LogP contribution in [0.3, 0.4) is 0 Å². The number of amides is 1.